The Balaban J connectivity index is 4.35. The maximum absolute atomic E-state index is 12.8. The van der Waals surface area contributed by atoms with Crippen LogP contribution in [0.4, 0.5) is 0 Å². The zero-order valence-corrected chi connectivity index (χ0v) is 44.0. The fraction of sp³-hybridized carbons (Fsp3) is 0.817. The van der Waals surface area contributed by atoms with E-state index in [1.165, 1.54) is 154 Å². The van der Waals surface area contributed by atoms with E-state index in [9.17, 15) is 14.4 Å². The highest BCUT2D eigenvalue weighted by Gasteiger charge is 2.19. The molecule has 1 atom stereocenters. The molecule has 0 saturated heterocycles. The van der Waals surface area contributed by atoms with Crippen LogP contribution in [0.3, 0.4) is 0 Å². The molecule has 0 rings (SSSR count). The van der Waals surface area contributed by atoms with Gasteiger partial charge in [0, 0.05) is 19.3 Å². The number of carbonyl (C=O) groups excluding carboxylic acids is 3. The Hall–Kier alpha value is -2.63. The Kier molecular flexibility index (Phi) is 52.8. The third kappa shape index (κ3) is 52.3. The van der Waals surface area contributed by atoms with Gasteiger partial charge in [0.1, 0.15) is 13.2 Å². The number of ether oxygens (including phenoxy) is 3. The minimum atomic E-state index is -0.783. The van der Waals surface area contributed by atoms with Gasteiger partial charge in [-0.15, -0.1) is 0 Å². The molecule has 0 amide bonds. The van der Waals surface area contributed by atoms with E-state index in [0.29, 0.717) is 19.3 Å². The van der Waals surface area contributed by atoms with Crippen LogP contribution in [-0.2, 0) is 28.6 Å². The van der Waals surface area contributed by atoms with Gasteiger partial charge in [0.15, 0.2) is 6.10 Å². The Morgan fingerprint density at radius 1 is 0.318 bits per heavy atom. The maximum atomic E-state index is 12.8. The molecule has 0 aromatic heterocycles. The SMILES string of the molecule is CC/C=C/C/C=C/C/C=C/CCCCCCCC(=O)O[C@H](COC(=O)CCCCCCC/C=C/CCCCCCC)COC(=O)CCCCCCCCCCCCCCCCCCCCC. The topological polar surface area (TPSA) is 78.9 Å². The summed E-state index contributed by atoms with van der Waals surface area (Å²) < 4.78 is 16.8. The lowest BCUT2D eigenvalue weighted by Gasteiger charge is -2.18. The van der Waals surface area contributed by atoms with Crippen LogP contribution in [0.2, 0.25) is 0 Å². The molecule has 0 saturated carbocycles. The standard InChI is InChI=1S/C60H108O6/c1-4-7-10-13-16-19-22-25-28-29-30-31-33-35-38-41-44-47-50-53-59(62)65-56-57(55-64-58(61)52-49-46-43-40-37-34-27-24-21-18-15-12-9-6-3)66-60(63)54-51-48-45-42-39-36-32-26-23-20-17-14-11-8-5-2/h8,11,17,20,24,26-27,32,57H,4-7,9-10,12-16,18-19,21-23,25,28-31,33-56H2,1-3H3/b11-8+,20-17+,27-24+,32-26+/t57-/m1/s1. The minimum absolute atomic E-state index is 0.0799. The second-order valence-corrected chi connectivity index (χ2v) is 19.2. The van der Waals surface area contributed by atoms with Gasteiger partial charge in [-0.05, 0) is 77.0 Å². The molecule has 0 bridgehead atoms. The van der Waals surface area contributed by atoms with Crippen LogP contribution in [0.5, 0.6) is 0 Å². The van der Waals surface area contributed by atoms with E-state index >= 15 is 0 Å². The van der Waals surface area contributed by atoms with Crippen molar-refractivity contribution in [2.24, 2.45) is 0 Å². The first-order valence-corrected chi connectivity index (χ1v) is 28.6. The van der Waals surface area contributed by atoms with E-state index in [4.69, 9.17) is 14.2 Å². The van der Waals surface area contributed by atoms with Gasteiger partial charge in [-0.3, -0.25) is 14.4 Å². The molecule has 0 heterocycles. The Labute approximate surface area is 409 Å². The van der Waals surface area contributed by atoms with Gasteiger partial charge in [0.05, 0.1) is 0 Å². The predicted molar refractivity (Wildman–Crippen MR) is 284 cm³/mol. The molecule has 0 aromatic rings. The molecule has 0 fully saturated rings. The largest absolute Gasteiger partial charge is 0.462 e. The maximum Gasteiger partial charge on any atom is 0.306 e. The van der Waals surface area contributed by atoms with Crippen molar-refractivity contribution < 1.29 is 28.6 Å². The van der Waals surface area contributed by atoms with E-state index in [2.05, 4.69) is 69.4 Å². The molecule has 0 aliphatic heterocycles. The van der Waals surface area contributed by atoms with Crippen molar-refractivity contribution in [1.29, 1.82) is 0 Å². The Morgan fingerprint density at radius 3 is 0.939 bits per heavy atom. The highest BCUT2D eigenvalue weighted by atomic mass is 16.6. The molecule has 0 unspecified atom stereocenters. The molecule has 66 heavy (non-hydrogen) atoms. The lowest BCUT2D eigenvalue weighted by atomic mass is 10.0. The van der Waals surface area contributed by atoms with E-state index in [1.54, 1.807) is 0 Å². The minimum Gasteiger partial charge on any atom is -0.462 e. The first-order chi connectivity index (χ1) is 32.5. The van der Waals surface area contributed by atoms with Crippen molar-refractivity contribution in [2.45, 2.75) is 303 Å². The van der Waals surface area contributed by atoms with Crippen molar-refractivity contribution in [3.05, 3.63) is 48.6 Å². The van der Waals surface area contributed by atoms with Crippen LogP contribution in [0.15, 0.2) is 48.6 Å². The summed E-state index contributed by atoms with van der Waals surface area (Å²) in [4.78, 5) is 38.1. The van der Waals surface area contributed by atoms with Crippen molar-refractivity contribution in [3.8, 4) is 0 Å². The molecular formula is C60H108O6. The van der Waals surface area contributed by atoms with E-state index in [1.807, 2.05) is 0 Å². The molecule has 6 nitrogen and oxygen atoms in total. The van der Waals surface area contributed by atoms with Crippen LogP contribution < -0.4 is 0 Å². The van der Waals surface area contributed by atoms with E-state index < -0.39 is 6.10 Å². The van der Waals surface area contributed by atoms with Gasteiger partial charge < -0.3 is 14.2 Å². The van der Waals surface area contributed by atoms with Crippen LogP contribution >= 0.6 is 0 Å². The summed E-state index contributed by atoms with van der Waals surface area (Å²) in [5.41, 5.74) is 0. The third-order valence-electron chi connectivity index (χ3n) is 12.6. The van der Waals surface area contributed by atoms with Gasteiger partial charge in [-0.2, -0.15) is 0 Å². The Morgan fingerprint density at radius 2 is 0.591 bits per heavy atom. The van der Waals surface area contributed by atoms with Gasteiger partial charge >= 0.3 is 17.9 Å². The van der Waals surface area contributed by atoms with Crippen LogP contribution in [0.25, 0.3) is 0 Å². The molecule has 0 spiro atoms. The van der Waals surface area contributed by atoms with Crippen LogP contribution in [-0.4, -0.2) is 37.2 Å². The summed E-state index contributed by atoms with van der Waals surface area (Å²) in [6, 6.07) is 0. The molecule has 0 aliphatic rings. The Bertz CT molecular complexity index is 1150. The van der Waals surface area contributed by atoms with Crippen LogP contribution in [0.1, 0.15) is 297 Å². The summed E-state index contributed by atoms with van der Waals surface area (Å²) in [6.07, 6.45) is 66.7. The molecule has 0 aliphatic carbocycles. The van der Waals surface area contributed by atoms with E-state index in [0.717, 1.165) is 103 Å². The van der Waals surface area contributed by atoms with Crippen LogP contribution in [0, 0.1) is 0 Å². The summed E-state index contributed by atoms with van der Waals surface area (Å²) in [7, 11) is 0. The van der Waals surface area contributed by atoms with Gasteiger partial charge in [0.2, 0.25) is 0 Å². The van der Waals surface area contributed by atoms with Crippen molar-refractivity contribution in [2.75, 3.05) is 13.2 Å². The average Bonchev–Trinajstić information content (AvgIpc) is 3.31. The number of hydrogen-bond acceptors (Lipinski definition) is 6. The lowest BCUT2D eigenvalue weighted by Crippen LogP contribution is -2.30. The smallest absolute Gasteiger partial charge is 0.306 e. The van der Waals surface area contributed by atoms with Gasteiger partial charge in [-0.1, -0.05) is 249 Å². The molecular weight excluding hydrogens is 817 g/mol. The second kappa shape index (κ2) is 55.0. The van der Waals surface area contributed by atoms with Gasteiger partial charge in [-0.25, -0.2) is 0 Å². The number of carbonyl (C=O) groups is 3. The summed E-state index contributed by atoms with van der Waals surface area (Å²) in [6.45, 7) is 6.53. The third-order valence-corrected chi connectivity index (χ3v) is 12.6. The van der Waals surface area contributed by atoms with Crippen molar-refractivity contribution in [1.82, 2.24) is 0 Å². The highest BCUT2D eigenvalue weighted by molar-refractivity contribution is 5.71. The van der Waals surface area contributed by atoms with Gasteiger partial charge in [0.25, 0.3) is 0 Å². The molecule has 0 aromatic carbocycles. The van der Waals surface area contributed by atoms with Crippen molar-refractivity contribution >= 4 is 17.9 Å². The summed E-state index contributed by atoms with van der Waals surface area (Å²) in [5.74, 6) is -0.892. The fourth-order valence-corrected chi connectivity index (χ4v) is 8.28. The summed E-state index contributed by atoms with van der Waals surface area (Å²) in [5, 5.41) is 0. The lowest BCUT2D eigenvalue weighted by molar-refractivity contribution is -0.167. The molecule has 0 N–H and O–H groups in total. The number of unbranched alkanes of at least 4 members (excludes halogenated alkanes) is 33. The number of hydrogen-bond donors (Lipinski definition) is 0. The zero-order chi connectivity index (χ0) is 47.9. The van der Waals surface area contributed by atoms with Crippen molar-refractivity contribution in [3.63, 3.8) is 0 Å². The number of esters is 3. The second-order valence-electron chi connectivity index (χ2n) is 19.2. The fourth-order valence-electron chi connectivity index (χ4n) is 8.28. The molecule has 0 radical (unpaired) electrons. The predicted octanol–water partition coefficient (Wildman–Crippen LogP) is 19.0. The first-order valence-electron chi connectivity index (χ1n) is 28.6. The quantitative estimate of drug-likeness (QED) is 0.0262. The van der Waals surface area contributed by atoms with E-state index in [-0.39, 0.29) is 31.1 Å². The molecule has 6 heteroatoms. The average molecular weight is 926 g/mol. The summed E-state index contributed by atoms with van der Waals surface area (Å²) >= 11 is 0. The highest BCUT2D eigenvalue weighted by Crippen LogP contribution is 2.16. The number of rotatable bonds is 52. The first kappa shape index (κ1) is 63.4. The number of allylic oxidation sites excluding steroid dienone is 8. The monoisotopic (exact) mass is 925 g/mol. The zero-order valence-electron chi connectivity index (χ0n) is 44.0. The molecule has 384 valence electrons. The normalized spacial score (nSPS) is 12.3.